The summed E-state index contributed by atoms with van der Waals surface area (Å²) in [6, 6.07) is 2.23. The molecule has 6 heteroatoms. The van der Waals surface area contributed by atoms with Gasteiger partial charge in [0.2, 0.25) is 0 Å². The summed E-state index contributed by atoms with van der Waals surface area (Å²) in [4.78, 5) is 0. The van der Waals surface area contributed by atoms with E-state index in [0.717, 1.165) is 18.6 Å². The van der Waals surface area contributed by atoms with Crippen LogP contribution in [-0.4, -0.2) is 13.2 Å². The van der Waals surface area contributed by atoms with E-state index in [2.05, 4.69) is 0 Å². The minimum atomic E-state index is -4.68. The van der Waals surface area contributed by atoms with E-state index in [9.17, 15) is 17.6 Å². The minimum Gasteiger partial charge on any atom is -0.381 e. The maximum atomic E-state index is 13.3. The summed E-state index contributed by atoms with van der Waals surface area (Å²) in [7, 11) is 0. The first-order valence-corrected chi connectivity index (χ1v) is 6.06. The summed E-state index contributed by atoms with van der Waals surface area (Å²) < 4.78 is 55.7. The third-order valence-corrected chi connectivity index (χ3v) is 2.65. The number of ether oxygens (including phenoxy) is 1. The Morgan fingerprint density at radius 2 is 1.95 bits per heavy atom. The summed E-state index contributed by atoms with van der Waals surface area (Å²) >= 11 is 0. The normalized spacial score (nSPS) is 13.6. The van der Waals surface area contributed by atoms with Crippen LogP contribution in [0.2, 0.25) is 0 Å². The lowest BCUT2D eigenvalue weighted by Gasteiger charge is -2.14. The van der Waals surface area contributed by atoms with Crippen molar-refractivity contribution >= 4 is 0 Å². The van der Waals surface area contributed by atoms with Crippen LogP contribution in [0.5, 0.6) is 0 Å². The molecule has 0 heterocycles. The van der Waals surface area contributed by atoms with Crippen molar-refractivity contribution < 1.29 is 22.3 Å². The molecule has 0 aromatic heterocycles. The quantitative estimate of drug-likeness (QED) is 0.637. The lowest BCUT2D eigenvalue weighted by Crippen LogP contribution is -2.15. The second-order valence-corrected chi connectivity index (χ2v) is 4.24. The van der Waals surface area contributed by atoms with Crippen molar-refractivity contribution in [1.29, 1.82) is 0 Å². The number of hydrogen-bond donors (Lipinski definition) is 1. The molecule has 0 spiro atoms. The number of rotatable bonds is 6. The Balaban J connectivity index is 2.67. The van der Waals surface area contributed by atoms with Gasteiger partial charge in [0, 0.05) is 19.3 Å². The molecule has 0 radical (unpaired) electrons. The van der Waals surface area contributed by atoms with Gasteiger partial charge in [0.05, 0.1) is 5.56 Å². The molecule has 1 unspecified atom stereocenters. The smallest absolute Gasteiger partial charge is 0.381 e. The van der Waals surface area contributed by atoms with Gasteiger partial charge in [-0.2, -0.15) is 13.2 Å². The molecule has 0 fully saturated rings. The van der Waals surface area contributed by atoms with Crippen molar-refractivity contribution in [2.75, 3.05) is 13.2 Å². The van der Waals surface area contributed by atoms with E-state index < -0.39 is 23.6 Å². The van der Waals surface area contributed by atoms with E-state index in [0.29, 0.717) is 25.2 Å². The molecule has 0 saturated heterocycles. The summed E-state index contributed by atoms with van der Waals surface area (Å²) in [5, 5.41) is 0. The van der Waals surface area contributed by atoms with Gasteiger partial charge in [0.25, 0.3) is 0 Å². The first kappa shape index (κ1) is 15.9. The first-order chi connectivity index (χ1) is 8.86. The van der Waals surface area contributed by atoms with Gasteiger partial charge in [-0.1, -0.05) is 13.0 Å². The maximum Gasteiger partial charge on any atom is 0.419 e. The van der Waals surface area contributed by atoms with Gasteiger partial charge >= 0.3 is 6.18 Å². The predicted octanol–water partition coefficient (Wildman–Crippen LogP) is 3.66. The van der Waals surface area contributed by atoms with E-state index >= 15 is 0 Å². The largest absolute Gasteiger partial charge is 0.419 e. The van der Waals surface area contributed by atoms with Gasteiger partial charge in [-0.05, 0) is 30.5 Å². The molecule has 0 saturated carbocycles. The van der Waals surface area contributed by atoms with Crippen molar-refractivity contribution in [3.8, 4) is 0 Å². The van der Waals surface area contributed by atoms with Crippen LogP contribution >= 0.6 is 0 Å². The molecule has 1 rings (SSSR count). The average Bonchev–Trinajstić information content (AvgIpc) is 2.32. The zero-order valence-corrected chi connectivity index (χ0v) is 10.6. The molecule has 2 nitrogen and oxygen atoms in total. The molecule has 19 heavy (non-hydrogen) atoms. The van der Waals surface area contributed by atoms with Crippen molar-refractivity contribution in [1.82, 2.24) is 0 Å². The third kappa shape index (κ3) is 4.80. The Kier molecular flexibility index (Phi) is 5.75. The SMILES string of the molecule is CCCOCCC(N)c1ccc(C(F)(F)F)c(F)c1. The highest BCUT2D eigenvalue weighted by Gasteiger charge is 2.34. The lowest BCUT2D eigenvalue weighted by atomic mass is 10.0. The van der Waals surface area contributed by atoms with Crippen LogP contribution < -0.4 is 5.73 Å². The van der Waals surface area contributed by atoms with Gasteiger partial charge < -0.3 is 10.5 Å². The third-order valence-electron chi connectivity index (χ3n) is 2.65. The van der Waals surface area contributed by atoms with E-state index in [1.807, 2.05) is 6.92 Å². The first-order valence-electron chi connectivity index (χ1n) is 6.06. The van der Waals surface area contributed by atoms with Crippen LogP contribution in [0.15, 0.2) is 18.2 Å². The van der Waals surface area contributed by atoms with Gasteiger partial charge in [0.1, 0.15) is 5.82 Å². The Morgan fingerprint density at radius 1 is 1.26 bits per heavy atom. The lowest BCUT2D eigenvalue weighted by molar-refractivity contribution is -0.140. The van der Waals surface area contributed by atoms with Crippen molar-refractivity contribution in [3.05, 3.63) is 35.1 Å². The molecular weight excluding hydrogens is 262 g/mol. The molecule has 0 aliphatic carbocycles. The van der Waals surface area contributed by atoms with E-state index in [4.69, 9.17) is 10.5 Å². The van der Waals surface area contributed by atoms with Crippen LogP contribution in [0, 0.1) is 5.82 Å². The number of alkyl halides is 3. The summed E-state index contributed by atoms with van der Waals surface area (Å²) in [5.41, 5.74) is 4.84. The van der Waals surface area contributed by atoms with Crippen molar-refractivity contribution in [3.63, 3.8) is 0 Å². The summed E-state index contributed by atoms with van der Waals surface area (Å²) in [6.45, 7) is 2.97. The predicted molar refractivity (Wildman–Crippen MR) is 64.1 cm³/mol. The van der Waals surface area contributed by atoms with Gasteiger partial charge in [0.15, 0.2) is 0 Å². The summed E-state index contributed by atoms with van der Waals surface area (Å²) in [5.74, 6) is -1.30. The van der Waals surface area contributed by atoms with Crippen LogP contribution in [0.4, 0.5) is 17.6 Å². The number of nitrogens with two attached hydrogens (primary N) is 1. The zero-order chi connectivity index (χ0) is 14.5. The Bertz CT molecular complexity index is 406. The topological polar surface area (TPSA) is 35.2 Å². The van der Waals surface area contributed by atoms with Gasteiger partial charge in [-0.15, -0.1) is 0 Å². The molecule has 108 valence electrons. The Morgan fingerprint density at radius 3 is 2.47 bits per heavy atom. The van der Waals surface area contributed by atoms with Gasteiger partial charge in [-0.25, -0.2) is 4.39 Å². The van der Waals surface area contributed by atoms with Crippen LogP contribution in [0.25, 0.3) is 0 Å². The van der Waals surface area contributed by atoms with E-state index in [-0.39, 0.29) is 0 Å². The maximum absolute atomic E-state index is 13.3. The molecule has 0 bridgehead atoms. The van der Waals surface area contributed by atoms with Crippen LogP contribution in [-0.2, 0) is 10.9 Å². The second-order valence-electron chi connectivity index (χ2n) is 4.24. The van der Waals surface area contributed by atoms with Crippen LogP contribution in [0.3, 0.4) is 0 Å². The second kappa shape index (κ2) is 6.86. The van der Waals surface area contributed by atoms with E-state index in [1.165, 1.54) is 6.07 Å². The number of benzene rings is 1. The van der Waals surface area contributed by atoms with Gasteiger partial charge in [-0.3, -0.25) is 0 Å². The van der Waals surface area contributed by atoms with Crippen molar-refractivity contribution in [2.45, 2.75) is 32.0 Å². The highest BCUT2D eigenvalue weighted by Crippen LogP contribution is 2.32. The number of hydrogen-bond acceptors (Lipinski definition) is 2. The highest BCUT2D eigenvalue weighted by molar-refractivity contribution is 5.28. The molecule has 1 atom stereocenters. The molecule has 1 aromatic rings. The standard InChI is InChI=1S/C13H17F4NO/c1-2-6-19-7-5-12(18)9-3-4-10(11(14)8-9)13(15,16)17/h3-4,8,12H,2,5-7,18H2,1H3. The highest BCUT2D eigenvalue weighted by atomic mass is 19.4. The van der Waals surface area contributed by atoms with E-state index in [1.54, 1.807) is 0 Å². The fraction of sp³-hybridized carbons (Fsp3) is 0.538. The van der Waals surface area contributed by atoms with Crippen LogP contribution in [0.1, 0.15) is 36.9 Å². The van der Waals surface area contributed by atoms with Crippen molar-refractivity contribution in [2.24, 2.45) is 5.73 Å². The molecular formula is C13H17F4NO. The number of halogens is 4. The molecule has 0 aliphatic heterocycles. The fourth-order valence-electron chi connectivity index (χ4n) is 1.62. The monoisotopic (exact) mass is 279 g/mol. The Labute approximate surface area is 109 Å². The molecule has 1 aromatic carbocycles. The average molecular weight is 279 g/mol. The molecule has 2 N–H and O–H groups in total. The molecule has 0 aliphatic rings. The summed E-state index contributed by atoms with van der Waals surface area (Å²) in [6.07, 6.45) is -3.37. The zero-order valence-electron chi connectivity index (χ0n) is 10.6. The minimum absolute atomic E-state index is 0.339. The fourth-order valence-corrected chi connectivity index (χ4v) is 1.62. The Hall–Kier alpha value is -1.14. The molecule has 0 amide bonds.